The van der Waals surface area contributed by atoms with E-state index in [1.54, 1.807) is 48.8 Å². The van der Waals surface area contributed by atoms with Crippen LogP contribution in [0.15, 0.2) is 57.7 Å². The standard InChI is InChI=1S/C16H16F2OS2/c1-19-12-7-9-14(10-8-12)21-15(16(17)18)6-2-4-13-5-3-11-20-13/h3,5-11,16H,2,4H2,1H3/b15-6-. The van der Waals surface area contributed by atoms with Gasteiger partial charge in [0.15, 0.2) is 0 Å². The molecular formula is C16H16F2OS2. The zero-order valence-electron chi connectivity index (χ0n) is 11.6. The summed E-state index contributed by atoms with van der Waals surface area (Å²) in [5.74, 6) is 0.722. The lowest BCUT2D eigenvalue weighted by molar-refractivity contribution is 0.199. The van der Waals surface area contributed by atoms with Crippen molar-refractivity contribution in [1.82, 2.24) is 0 Å². The van der Waals surface area contributed by atoms with Crippen molar-refractivity contribution in [2.75, 3.05) is 7.11 Å². The second-order valence-corrected chi connectivity index (χ2v) is 6.48. The van der Waals surface area contributed by atoms with Crippen molar-refractivity contribution in [2.24, 2.45) is 0 Å². The van der Waals surface area contributed by atoms with Gasteiger partial charge in [0.1, 0.15) is 5.75 Å². The molecule has 0 bridgehead atoms. The summed E-state index contributed by atoms with van der Waals surface area (Å²) in [6, 6.07) is 11.1. The topological polar surface area (TPSA) is 9.23 Å². The summed E-state index contributed by atoms with van der Waals surface area (Å²) in [5, 5.41) is 2.00. The Bertz CT molecular complexity index is 562. The Kier molecular flexibility index (Phi) is 6.26. The van der Waals surface area contributed by atoms with E-state index in [1.165, 1.54) is 4.88 Å². The first kappa shape index (κ1) is 16.0. The molecule has 0 aliphatic rings. The van der Waals surface area contributed by atoms with E-state index in [2.05, 4.69) is 0 Å². The van der Waals surface area contributed by atoms with Gasteiger partial charge in [-0.2, -0.15) is 0 Å². The Morgan fingerprint density at radius 3 is 2.62 bits per heavy atom. The number of ether oxygens (including phenoxy) is 1. The first-order chi connectivity index (χ1) is 10.2. The van der Waals surface area contributed by atoms with E-state index in [1.807, 2.05) is 17.5 Å². The number of benzene rings is 1. The molecule has 21 heavy (non-hydrogen) atoms. The normalized spacial score (nSPS) is 11.9. The fraction of sp³-hybridized carbons (Fsp3) is 0.250. The maximum absolute atomic E-state index is 13.1. The molecule has 0 fully saturated rings. The predicted molar refractivity (Wildman–Crippen MR) is 85.6 cm³/mol. The summed E-state index contributed by atoms with van der Waals surface area (Å²) in [5.41, 5.74) is 0. The summed E-state index contributed by atoms with van der Waals surface area (Å²) >= 11 is 2.77. The molecule has 1 nitrogen and oxygen atoms in total. The molecule has 0 atom stereocenters. The minimum Gasteiger partial charge on any atom is -0.497 e. The number of halogens is 2. The van der Waals surface area contributed by atoms with E-state index in [9.17, 15) is 8.78 Å². The third-order valence-corrected chi connectivity index (χ3v) is 4.85. The van der Waals surface area contributed by atoms with Gasteiger partial charge in [0.2, 0.25) is 0 Å². The van der Waals surface area contributed by atoms with Crippen LogP contribution in [0.3, 0.4) is 0 Å². The van der Waals surface area contributed by atoms with Gasteiger partial charge in [0.25, 0.3) is 6.43 Å². The van der Waals surface area contributed by atoms with Crippen LogP contribution in [0.2, 0.25) is 0 Å². The first-order valence-corrected chi connectivity index (χ1v) is 8.21. The average Bonchev–Trinajstić information content (AvgIpc) is 3.00. The largest absolute Gasteiger partial charge is 0.497 e. The van der Waals surface area contributed by atoms with Gasteiger partial charge in [-0.1, -0.05) is 23.9 Å². The molecule has 1 aromatic carbocycles. The molecule has 1 aromatic heterocycles. The average molecular weight is 326 g/mol. The van der Waals surface area contributed by atoms with Gasteiger partial charge in [-0.05, 0) is 48.6 Å². The van der Waals surface area contributed by atoms with E-state index in [-0.39, 0.29) is 4.91 Å². The maximum Gasteiger partial charge on any atom is 0.269 e. The van der Waals surface area contributed by atoms with Crippen molar-refractivity contribution in [1.29, 1.82) is 0 Å². The van der Waals surface area contributed by atoms with Gasteiger partial charge in [0, 0.05) is 9.77 Å². The van der Waals surface area contributed by atoms with Crippen LogP contribution in [-0.4, -0.2) is 13.5 Å². The lowest BCUT2D eigenvalue weighted by Gasteiger charge is -2.07. The number of thiophene rings is 1. The van der Waals surface area contributed by atoms with Gasteiger partial charge in [0.05, 0.1) is 12.0 Å². The zero-order chi connectivity index (χ0) is 15.1. The van der Waals surface area contributed by atoms with E-state index >= 15 is 0 Å². The quantitative estimate of drug-likeness (QED) is 0.610. The number of hydrogen-bond acceptors (Lipinski definition) is 3. The molecule has 0 saturated carbocycles. The second-order valence-electron chi connectivity index (χ2n) is 4.30. The molecule has 0 radical (unpaired) electrons. The third-order valence-electron chi connectivity index (χ3n) is 2.83. The Labute approximate surface area is 131 Å². The van der Waals surface area contributed by atoms with Crippen LogP contribution < -0.4 is 4.74 Å². The number of methoxy groups -OCH3 is 1. The Morgan fingerprint density at radius 2 is 2.05 bits per heavy atom. The molecule has 112 valence electrons. The highest BCUT2D eigenvalue weighted by molar-refractivity contribution is 8.03. The second kappa shape index (κ2) is 8.20. The van der Waals surface area contributed by atoms with Crippen LogP contribution in [-0.2, 0) is 6.42 Å². The SMILES string of the molecule is COc1ccc(S/C(=C\CCc2cccs2)C(F)F)cc1. The maximum atomic E-state index is 13.1. The number of aryl methyl sites for hydroxylation is 1. The Hall–Kier alpha value is -1.33. The molecule has 0 amide bonds. The molecule has 0 unspecified atom stereocenters. The van der Waals surface area contributed by atoms with Crippen LogP contribution in [0.1, 0.15) is 11.3 Å². The van der Waals surface area contributed by atoms with Crippen LogP contribution >= 0.6 is 23.1 Å². The van der Waals surface area contributed by atoms with Gasteiger partial charge >= 0.3 is 0 Å². The smallest absolute Gasteiger partial charge is 0.269 e. The molecular weight excluding hydrogens is 310 g/mol. The van der Waals surface area contributed by atoms with Crippen molar-refractivity contribution < 1.29 is 13.5 Å². The highest BCUT2D eigenvalue weighted by Gasteiger charge is 2.12. The summed E-state index contributed by atoms with van der Waals surface area (Å²) in [6.07, 6.45) is 0.625. The highest BCUT2D eigenvalue weighted by atomic mass is 32.2. The minimum absolute atomic E-state index is 0.108. The summed E-state index contributed by atoms with van der Waals surface area (Å²) in [6.45, 7) is 0. The molecule has 0 spiro atoms. The Morgan fingerprint density at radius 1 is 1.29 bits per heavy atom. The van der Waals surface area contributed by atoms with Gasteiger partial charge in [-0.3, -0.25) is 0 Å². The van der Waals surface area contributed by atoms with E-state index < -0.39 is 6.43 Å². The number of alkyl halides is 2. The Balaban J connectivity index is 1.97. The van der Waals surface area contributed by atoms with Crippen LogP contribution in [0.4, 0.5) is 8.78 Å². The third kappa shape index (κ3) is 5.17. The van der Waals surface area contributed by atoms with Crippen LogP contribution in [0.5, 0.6) is 5.75 Å². The van der Waals surface area contributed by atoms with Crippen molar-refractivity contribution in [3.8, 4) is 5.75 Å². The lowest BCUT2D eigenvalue weighted by Crippen LogP contribution is -1.93. The minimum atomic E-state index is -2.44. The number of allylic oxidation sites excluding steroid dienone is 2. The van der Waals surface area contributed by atoms with Crippen LogP contribution in [0, 0.1) is 0 Å². The fourth-order valence-corrected chi connectivity index (χ4v) is 3.33. The molecule has 0 aliphatic carbocycles. The number of thioether (sulfide) groups is 1. The number of rotatable bonds is 7. The molecule has 0 aliphatic heterocycles. The van der Waals surface area contributed by atoms with Crippen LogP contribution in [0.25, 0.3) is 0 Å². The molecule has 5 heteroatoms. The van der Waals surface area contributed by atoms with Gasteiger partial charge in [-0.15, -0.1) is 11.3 Å². The molecule has 0 saturated heterocycles. The summed E-state index contributed by atoms with van der Waals surface area (Å²) < 4.78 is 31.2. The molecule has 2 rings (SSSR count). The van der Waals surface area contributed by atoms with E-state index in [0.717, 1.165) is 28.8 Å². The number of hydrogen-bond donors (Lipinski definition) is 0. The molecule has 2 aromatic rings. The van der Waals surface area contributed by atoms with Crippen molar-refractivity contribution in [3.05, 3.63) is 57.6 Å². The monoisotopic (exact) mass is 326 g/mol. The first-order valence-electron chi connectivity index (χ1n) is 6.51. The molecule has 1 heterocycles. The molecule has 0 N–H and O–H groups in total. The van der Waals surface area contributed by atoms with Gasteiger partial charge < -0.3 is 4.74 Å². The van der Waals surface area contributed by atoms with E-state index in [0.29, 0.717) is 6.42 Å². The zero-order valence-corrected chi connectivity index (χ0v) is 13.2. The van der Waals surface area contributed by atoms with Crippen molar-refractivity contribution in [3.63, 3.8) is 0 Å². The lowest BCUT2D eigenvalue weighted by atomic mass is 10.2. The fourth-order valence-electron chi connectivity index (χ4n) is 1.77. The predicted octanol–water partition coefficient (Wildman–Crippen LogP) is 5.63. The van der Waals surface area contributed by atoms with E-state index in [4.69, 9.17) is 4.74 Å². The summed E-state index contributed by atoms with van der Waals surface area (Å²) in [4.78, 5) is 2.12. The van der Waals surface area contributed by atoms with Crippen molar-refractivity contribution in [2.45, 2.75) is 24.2 Å². The summed E-state index contributed by atoms with van der Waals surface area (Å²) in [7, 11) is 1.58. The van der Waals surface area contributed by atoms with Crippen molar-refractivity contribution >= 4 is 23.1 Å². The highest BCUT2D eigenvalue weighted by Crippen LogP contribution is 2.32. The van der Waals surface area contributed by atoms with Gasteiger partial charge in [-0.25, -0.2) is 8.78 Å².